The first kappa shape index (κ1) is 36.4. The summed E-state index contributed by atoms with van der Waals surface area (Å²) < 4.78 is 11.2. The summed E-state index contributed by atoms with van der Waals surface area (Å²) in [6.45, 7) is 23.4. The molecular weight excluding hydrogens is 560 g/mol. The molecule has 1 atom stereocenters. The fourth-order valence-corrected chi connectivity index (χ4v) is 5.76. The first-order chi connectivity index (χ1) is 20.2. The van der Waals surface area contributed by atoms with Crippen LogP contribution >= 0.6 is 0 Å². The summed E-state index contributed by atoms with van der Waals surface area (Å²) in [6, 6.07) is 13.4. The fraction of sp³-hybridized carbons (Fsp3) is 0.588. The van der Waals surface area contributed by atoms with Gasteiger partial charge in [-0.1, -0.05) is 48.5 Å². The van der Waals surface area contributed by atoms with E-state index in [1.54, 1.807) is 12.1 Å². The molecule has 0 aliphatic rings. The van der Waals surface area contributed by atoms with Crippen LogP contribution in [0.4, 0.5) is 22.7 Å². The molecule has 2 aromatic carbocycles. The van der Waals surface area contributed by atoms with Crippen LogP contribution in [0.2, 0.25) is 0 Å². The van der Waals surface area contributed by atoms with Gasteiger partial charge in [-0.2, -0.15) is 10.2 Å². The molecule has 0 bridgehead atoms. The zero-order valence-electron chi connectivity index (χ0n) is 28.5. The number of likely N-dealkylation sites (N-methyl/N-ethyl adjacent to an activating group) is 1. The van der Waals surface area contributed by atoms with Gasteiger partial charge in [0, 0.05) is 24.4 Å². The number of nitrogens with zero attached hydrogens (tertiary/aromatic N) is 4. The number of anilines is 1. The summed E-state index contributed by atoms with van der Waals surface area (Å²) in [4.78, 5) is 39.4. The smallest absolute Gasteiger partial charge is 0.312 e. The molecule has 10 heteroatoms. The van der Waals surface area contributed by atoms with Gasteiger partial charge in [-0.25, -0.2) is 0 Å². The van der Waals surface area contributed by atoms with Crippen LogP contribution < -0.4 is 4.90 Å². The maximum Gasteiger partial charge on any atom is 0.312 e. The van der Waals surface area contributed by atoms with Crippen LogP contribution in [0.1, 0.15) is 76.2 Å². The van der Waals surface area contributed by atoms with Crippen molar-refractivity contribution in [3.05, 3.63) is 58.6 Å². The third kappa shape index (κ3) is 6.94. The van der Waals surface area contributed by atoms with Crippen molar-refractivity contribution >= 4 is 34.7 Å². The summed E-state index contributed by atoms with van der Waals surface area (Å²) in [6.07, 6.45) is 0. The van der Waals surface area contributed by atoms with E-state index < -0.39 is 32.0 Å². The van der Waals surface area contributed by atoms with Gasteiger partial charge in [0.1, 0.15) is 6.61 Å². The molecule has 0 radical (unpaired) electrons. The SMILES string of the molecule is CCN(CCOC(=O)C(C)(C(C)(C)C)C(C)(C)C(C)(C)C(C)(C)C(=O)OC)c1ccc(/N=N/c2ccc([N+](=O)[O-])cc2)cc1. The van der Waals surface area contributed by atoms with E-state index in [2.05, 4.69) is 15.1 Å². The van der Waals surface area contributed by atoms with Gasteiger partial charge in [-0.3, -0.25) is 19.7 Å². The second kappa shape index (κ2) is 13.4. The van der Waals surface area contributed by atoms with Gasteiger partial charge in [0.05, 0.1) is 40.8 Å². The number of nitro benzene ring substituents is 1. The molecule has 0 N–H and O–H groups in total. The highest BCUT2D eigenvalue weighted by molar-refractivity contribution is 5.80. The summed E-state index contributed by atoms with van der Waals surface area (Å²) in [5, 5.41) is 19.2. The minimum absolute atomic E-state index is 0.00302. The molecule has 0 aromatic heterocycles. The molecular formula is C34H50N4O6. The molecule has 0 aliphatic heterocycles. The number of nitro groups is 1. The maximum absolute atomic E-state index is 14.1. The number of hydrogen-bond donors (Lipinski definition) is 0. The molecule has 2 aromatic rings. The van der Waals surface area contributed by atoms with E-state index in [0.29, 0.717) is 24.5 Å². The largest absolute Gasteiger partial charge is 0.469 e. The number of azo groups is 1. The predicted octanol–water partition coefficient (Wildman–Crippen LogP) is 8.68. The van der Waals surface area contributed by atoms with E-state index in [-0.39, 0.29) is 24.2 Å². The molecule has 0 spiro atoms. The van der Waals surface area contributed by atoms with Crippen molar-refractivity contribution in [2.45, 2.75) is 76.2 Å². The van der Waals surface area contributed by atoms with E-state index in [1.165, 1.54) is 19.2 Å². The van der Waals surface area contributed by atoms with Crippen LogP contribution in [0.5, 0.6) is 0 Å². The van der Waals surface area contributed by atoms with Crippen molar-refractivity contribution in [2.75, 3.05) is 31.7 Å². The Balaban J connectivity index is 2.18. The van der Waals surface area contributed by atoms with Crippen LogP contribution in [0.3, 0.4) is 0 Å². The number of esters is 2. The van der Waals surface area contributed by atoms with Gasteiger partial charge in [0.25, 0.3) is 5.69 Å². The summed E-state index contributed by atoms with van der Waals surface area (Å²) in [5.74, 6) is -0.626. The molecule has 10 nitrogen and oxygen atoms in total. The Morgan fingerprint density at radius 3 is 1.68 bits per heavy atom. The zero-order valence-corrected chi connectivity index (χ0v) is 28.5. The molecule has 1 unspecified atom stereocenters. The van der Waals surface area contributed by atoms with E-state index in [1.807, 2.05) is 100 Å². The lowest BCUT2D eigenvalue weighted by molar-refractivity contribution is -0.384. The van der Waals surface area contributed by atoms with Crippen molar-refractivity contribution in [1.29, 1.82) is 0 Å². The first-order valence-electron chi connectivity index (χ1n) is 15.0. The summed E-state index contributed by atoms with van der Waals surface area (Å²) in [7, 11) is 1.39. The van der Waals surface area contributed by atoms with Crippen molar-refractivity contribution in [3.63, 3.8) is 0 Å². The number of carbonyl (C=O) groups is 2. The lowest BCUT2D eigenvalue weighted by Gasteiger charge is -2.60. The standard InChI is InChI=1S/C34H50N4O6/c1-13-37(26-18-14-24(15-19-26)35-36-25-16-20-27(21-17-25)38(41)42)22-23-44-29(40)34(11,30(2,3)4)33(9,10)32(7,8)31(5,6)28(39)43-12/h14-21H,13,22-23H2,1-12H3/b36-35+. The van der Waals surface area contributed by atoms with Gasteiger partial charge < -0.3 is 14.4 Å². The lowest BCUT2D eigenvalue weighted by atomic mass is 9.42. The molecule has 0 fully saturated rings. The number of ether oxygens (including phenoxy) is 2. The quantitative estimate of drug-likeness (QED) is 0.0961. The minimum Gasteiger partial charge on any atom is -0.469 e. The molecule has 0 amide bonds. The Labute approximate surface area is 262 Å². The third-order valence-corrected chi connectivity index (χ3v) is 10.5. The van der Waals surface area contributed by atoms with E-state index >= 15 is 0 Å². The van der Waals surface area contributed by atoms with Gasteiger partial charge in [0.2, 0.25) is 0 Å². The normalized spacial score (nSPS) is 14.2. The van der Waals surface area contributed by atoms with Crippen molar-refractivity contribution < 1.29 is 24.0 Å². The van der Waals surface area contributed by atoms with Gasteiger partial charge in [0.15, 0.2) is 0 Å². The minimum atomic E-state index is -0.956. The van der Waals surface area contributed by atoms with Crippen LogP contribution in [0.25, 0.3) is 0 Å². The highest BCUT2D eigenvalue weighted by atomic mass is 16.6. The molecule has 242 valence electrons. The molecule has 0 saturated heterocycles. The van der Waals surface area contributed by atoms with Crippen LogP contribution in [-0.4, -0.2) is 43.7 Å². The number of benzene rings is 2. The Bertz CT molecular complexity index is 1340. The number of methoxy groups -OCH3 is 1. The molecule has 0 saturated carbocycles. The average Bonchev–Trinajstić information content (AvgIpc) is 2.96. The Kier molecular flexibility index (Phi) is 11.1. The number of hydrogen-bond acceptors (Lipinski definition) is 9. The van der Waals surface area contributed by atoms with E-state index in [0.717, 1.165) is 5.69 Å². The highest BCUT2D eigenvalue weighted by Gasteiger charge is 2.65. The van der Waals surface area contributed by atoms with Crippen molar-refractivity contribution in [1.82, 2.24) is 0 Å². The second-order valence-corrected chi connectivity index (χ2v) is 13.9. The number of rotatable bonds is 13. The van der Waals surface area contributed by atoms with Crippen LogP contribution in [-0.2, 0) is 19.1 Å². The first-order valence-corrected chi connectivity index (χ1v) is 15.0. The topological polar surface area (TPSA) is 124 Å². The fourth-order valence-electron chi connectivity index (χ4n) is 5.76. The highest BCUT2D eigenvalue weighted by Crippen LogP contribution is 2.64. The Morgan fingerprint density at radius 1 is 0.795 bits per heavy atom. The predicted molar refractivity (Wildman–Crippen MR) is 173 cm³/mol. The zero-order chi connectivity index (χ0) is 33.7. The average molecular weight is 611 g/mol. The van der Waals surface area contributed by atoms with Crippen LogP contribution in [0.15, 0.2) is 58.8 Å². The molecule has 0 heterocycles. The van der Waals surface area contributed by atoms with E-state index in [4.69, 9.17) is 9.47 Å². The monoisotopic (exact) mass is 610 g/mol. The van der Waals surface area contributed by atoms with Gasteiger partial charge in [-0.05, 0) is 80.3 Å². The number of non-ortho nitro benzene ring substituents is 1. The van der Waals surface area contributed by atoms with Gasteiger partial charge in [-0.15, -0.1) is 0 Å². The lowest BCUT2D eigenvalue weighted by Crippen LogP contribution is -2.62. The molecule has 44 heavy (non-hydrogen) atoms. The second-order valence-electron chi connectivity index (χ2n) is 13.9. The third-order valence-electron chi connectivity index (χ3n) is 10.5. The summed E-state index contributed by atoms with van der Waals surface area (Å²) in [5.41, 5.74) is -1.56. The van der Waals surface area contributed by atoms with E-state index in [9.17, 15) is 19.7 Å². The Hall–Kier alpha value is -3.82. The molecule has 2 rings (SSSR count). The molecule has 0 aliphatic carbocycles. The Morgan fingerprint density at radius 2 is 1.27 bits per heavy atom. The maximum atomic E-state index is 14.1. The summed E-state index contributed by atoms with van der Waals surface area (Å²) >= 11 is 0. The van der Waals surface area contributed by atoms with Gasteiger partial charge >= 0.3 is 11.9 Å². The number of carbonyl (C=O) groups excluding carboxylic acids is 2. The van der Waals surface area contributed by atoms with Crippen molar-refractivity contribution in [2.24, 2.45) is 37.3 Å². The van der Waals surface area contributed by atoms with Crippen molar-refractivity contribution in [3.8, 4) is 0 Å². The van der Waals surface area contributed by atoms with Crippen LogP contribution in [0, 0.1) is 37.2 Å².